The number of hydrogen-bond donors (Lipinski definition) is 1. The van der Waals surface area contributed by atoms with E-state index < -0.39 is 11.7 Å². The lowest BCUT2D eigenvalue weighted by molar-refractivity contribution is -0.0854. The number of ether oxygens (including phenoxy) is 1. The Morgan fingerprint density at radius 3 is 2.69 bits per heavy atom. The summed E-state index contributed by atoms with van der Waals surface area (Å²) in [6.45, 7) is 7.52. The fourth-order valence-electron chi connectivity index (χ4n) is 4.28. The molecule has 2 unspecified atom stereocenters. The highest BCUT2D eigenvalue weighted by atomic mass is 127. The smallest absolute Gasteiger partial charge is 0.145 e. The Balaban J connectivity index is 1.53. The van der Waals surface area contributed by atoms with Gasteiger partial charge in [0.1, 0.15) is 52.8 Å². The highest BCUT2D eigenvalue weighted by Gasteiger charge is 2.44. The minimum absolute atomic E-state index is 0.129. The van der Waals surface area contributed by atoms with E-state index in [9.17, 15) is 5.11 Å². The number of rotatable bonds is 5. The predicted octanol–water partition coefficient (Wildman–Crippen LogP) is 3.42. The molecule has 0 bridgehead atoms. The number of nitrogens with zero attached hydrogens (tertiary/aromatic N) is 3. The zero-order valence-corrected chi connectivity index (χ0v) is 22.7. The van der Waals surface area contributed by atoms with E-state index in [4.69, 9.17) is 7.80 Å². The first-order chi connectivity index (χ1) is 15.2. The number of halogens is 1. The standard InChI is InChI=1S/C23H28IN3O3P2/c1-14-9-18(31)22(19(32)10-14)27-8-7-23(28,20(12-27)30-24)13-29-17-6-4-5-16-21(17)26(3)15(2)11-25-16/h4-6,9-11,20,28H,2,7-8,12-13,31-32H2,1,3H3/t20-,23-/m1/s1. The second kappa shape index (κ2) is 9.55. The van der Waals surface area contributed by atoms with E-state index in [-0.39, 0.29) is 6.61 Å². The van der Waals surface area contributed by atoms with E-state index in [2.05, 4.69) is 54.0 Å². The number of aliphatic imine (C=N–C) groups is 1. The van der Waals surface area contributed by atoms with Crippen molar-refractivity contribution in [1.29, 1.82) is 0 Å². The summed E-state index contributed by atoms with van der Waals surface area (Å²) in [6, 6.07) is 10.1. The highest BCUT2D eigenvalue weighted by molar-refractivity contribution is 14.1. The van der Waals surface area contributed by atoms with Crippen molar-refractivity contribution in [2.24, 2.45) is 4.99 Å². The Kier molecular flexibility index (Phi) is 7.14. The first kappa shape index (κ1) is 23.9. The molecule has 4 rings (SSSR count). The SMILES string of the molecule is C=C1C=Nc2cccc(OC[C@]3(O)CCN(c4c(P)cc(C)cc4P)C[C@H]3OI)c2N1C. The molecule has 170 valence electrons. The van der Waals surface area contributed by atoms with Crippen molar-refractivity contribution in [2.75, 3.05) is 36.5 Å². The number of benzene rings is 2. The molecule has 0 aliphatic carbocycles. The van der Waals surface area contributed by atoms with Gasteiger partial charge in [-0.25, -0.2) is 0 Å². The van der Waals surface area contributed by atoms with Crippen LogP contribution in [0.3, 0.4) is 0 Å². The normalized spacial score (nSPS) is 22.8. The van der Waals surface area contributed by atoms with Crippen LogP contribution < -0.4 is 25.1 Å². The number of hydrogen-bond acceptors (Lipinski definition) is 6. The Hall–Kier alpha value is -1.24. The Bertz CT molecular complexity index is 1060. The van der Waals surface area contributed by atoms with Crippen LogP contribution in [0.2, 0.25) is 0 Å². The van der Waals surface area contributed by atoms with Crippen LogP contribution in [0.5, 0.6) is 5.75 Å². The molecule has 9 heteroatoms. The van der Waals surface area contributed by atoms with Gasteiger partial charge in [0.05, 0.1) is 23.3 Å². The average molecular weight is 583 g/mol. The summed E-state index contributed by atoms with van der Waals surface area (Å²) in [4.78, 5) is 8.68. The van der Waals surface area contributed by atoms with Gasteiger partial charge in [-0.1, -0.05) is 24.8 Å². The molecule has 2 aromatic rings. The van der Waals surface area contributed by atoms with Crippen LogP contribution in [0.15, 0.2) is 47.6 Å². The molecule has 0 radical (unpaired) electrons. The van der Waals surface area contributed by atoms with E-state index in [1.54, 1.807) is 6.21 Å². The van der Waals surface area contributed by atoms with Crippen molar-refractivity contribution in [3.8, 4) is 5.75 Å². The molecule has 4 atom stereocenters. The van der Waals surface area contributed by atoms with Crippen molar-refractivity contribution < 1.29 is 12.9 Å². The first-order valence-corrected chi connectivity index (χ1v) is 12.4. The maximum absolute atomic E-state index is 11.5. The highest BCUT2D eigenvalue weighted by Crippen LogP contribution is 2.41. The minimum Gasteiger partial charge on any atom is -0.488 e. The van der Waals surface area contributed by atoms with E-state index in [0.29, 0.717) is 25.3 Å². The molecule has 2 aliphatic rings. The molecule has 1 saturated heterocycles. The Labute approximate surface area is 208 Å². The van der Waals surface area contributed by atoms with Crippen LogP contribution in [0.25, 0.3) is 0 Å². The second-order valence-electron chi connectivity index (χ2n) is 8.39. The van der Waals surface area contributed by atoms with Gasteiger partial charge >= 0.3 is 0 Å². The number of allylic oxidation sites excluding steroid dienone is 1. The van der Waals surface area contributed by atoms with Crippen molar-refractivity contribution in [1.82, 2.24) is 0 Å². The van der Waals surface area contributed by atoms with E-state index in [1.807, 2.05) is 53.2 Å². The molecule has 2 aromatic carbocycles. The van der Waals surface area contributed by atoms with Gasteiger partial charge in [-0.15, -0.1) is 18.5 Å². The molecule has 32 heavy (non-hydrogen) atoms. The summed E-state index contributed by atoms with van der Waals surface area (Å²) in [7, 11) is 7.59. The van der Waals surface area contributed by atoms with Crippen molar-refractivity contribution >= 4 is 75.4 Å². The molecule has 0 saturated carbocycles. The van der Waals surface area contributed by atoms with E-state index in [1.165, 1.54) is 5.56 Å². The lowest BCUT2D eigenvalue weighted by Crippen LogP contribution is -2.59. The number of aryl methyl sites for hydroxylation is 1. The number of anilines is 2. The van der Waals surface area contributed by atoms with E-state index >= 15 is 0 Å². The molecule has 2 heterocycles. The zero-order chi connectivity index (χ0) is 23.0. The largest absolute Gasteiger partial charge is 0.488 e. The topological polar surface area (TPSA) is 57.5 Å². The van der Waals surface area contributed by atoms with Crippen LogP contribution in [-0.4, -0.2) is 49.8 Å². The quantitative estimate of drug-likeness (QED) is 0.432. The van der Waals surface area contributed by atoms with Gasteiger partial charge in [0.2, 0.25) is 0 Å². The van der Waals surface area contributed by atoms with Crippen molar-refractivity contribution in [2.45, 2.75) is 25.0 Å². The molecule has 2 aliphatic heterocycles. The van der Waals surface area contributed by atoms with Crippen LogP contribution >= 0.6 is 41.5 Å². The maximum Gasteiger partial charge on any atom is 0.145 e. The Morgan fingerprint density at radius 1 is 1.28 bits per heavy atom. The molecule has 1 fully saturated rings. The molecule has 0 amide bonds. The lowest BCUT2D eigenvalue weighted by Gasteiger charge is -2.44. The number of para-hydroxylation sites is 1. The monoisotopic (exact) mass is 583 g/mol. The Morgan fingerprint density at radius 2 is 2.00 bits per heavy atom. The third-order valence-electron chi connectivity index (χ3n) is 6.11. The van der Waals surface area contributed by atoms with Gasteiger partial charge in [-0.2, -0.15) is 0 Å². The summed E-state index contributed by atoms with van der Waals surface area (Å²) in [5.74, 6) is 0.670. The van der Waals surface area contributed by atoms with E-state index in [0.717, 1.165) is 33.4 Å². The molecular formula is C23H28IN3O3P2. The number of fused-ring (bicyclic) bond motifs is 1. The zero-order valence-electron chi connectivity index (χ0n) is 18.2. The third-order valence-corrected chi connectivity index (χ3v) is 7.61. The van der Waals surface area contributed by atoms with Gasteiger partial charge in [0.15, 0.2) is 0 Å². The van der Waals surface area contributed by atoms with Crippen LogP contribution in [0, 0.1) is 6.92 Å². The summed E-state index contributed by atoms with van der Waals surface area (Å²) in [5.41, 5.74) is 3.72. The number of aliphatic hydroxyl groups is 1. The average Bonchev–Trinajstić information content (AvgIpc) is 2.75. The molecular weight excluding hydrogens is 555 g/mol. The van der Waals surface area contributed by atoms with Gasteiger partial charge in [-0.05, 0) is 41.6 Å². The summed E-state index contributed by atoms with van der Waals surface area (Å²) < 4.78 is 11.9. The fraction of sp³-hybridized carbons (Fsp3) is 0.348. The molecule has 6 nitrogen and oxygen atoms in total. The maximum atomic E-state index is 11.5. The fourth-order valence-corrected chi connectivity index (χ4v) is 6.30. The second-order valence-corrected chi connectivity index (χ2v) is 10.1. The lowest BCUT2D eigenvalue weighted by atomic mass is 9.89. The van der Waals surface area contributed by atoms with Gasteiger partial charge < -0.3 is 22.7 Å². The van der Waals surface area contributed by atoms with Crippen molar-refractivity contribution in [3.05, 3.63) is 48.2 Å². The molecule has 0 aromatic heterocycles. The van der Waals surface area contributed by atoms with Gasteiger partial charge in [-0.3, -0.25) is 4.99 Å². The van der Waals surface area contributed by atoms with Crippen LogP contribution in [0.4, 0.5) is 17.1 Å². The molecule has 0 spiro atoms. The predicted molar refractivity (Wildman–Crippen MR) is 148 cm³/mol. The summed E-state index contributed by atoms with van der Waals surface area (Å²) in [5, 5.41) is 13.8. The van der Waals surface area contributed by atoms with Crippen LogP contribution in [-0.2, 0) is 3.07 Å². The summed E-state index contributed by atoms with van der Waals surface area (Å²) in [6.07, 6.45) is 1.86. The van der Waals surface area contributed by atoms with Crippen LogP contribution in [0.1, 0.15) is 12.0 Å². The third kappa shape index (κ3) is 4.55. The first-order valence-electron chi connectivity index (χ1n) is 10.4. The van der Waals surface area contributed by atoms with Gasteiger partial charge in [0.25, 0.3) is 0 Å². The minimum atomic E-state index is -1.11. The number of piperidine rings is 1. The van der Waals surface area contributed by atoms with Crippen molar-refractivity contribution in [3.63, 3.8) is 0 Å². The summed E-state index contributed by atoms with van der Waals surface area (Å²) >= 11 is 1.89. The van der Waals surface area contributed by atoms with Gasteiger partial charge in [0, 0.05) is 20.1 Å². The molecule has 1 N–H and O–H groups in total.